The monoisotopic (exact) mass is 275 g/mol. The van der Waals surface area contributed by atoms with E-state index >= 15 is 0 Å². The number of ether oxygens (including phenoxy) is 4. The van der Waals surface area contributed by atoms with E-state index in [1.165, 1.54) is 6.21 Å². The van der Waals surface area contributed by atoms with E-state index in [1.807, 2.05) is 0 Å². The normalized spacial score (nSPS) is 38.9. The second kappa shape index (κ2) is 4.99. The van der Waals surface area contributed by atoms with Gasteiger partial charge in [-0.15, -0.1) is 0 Å². The fourth-order valence-electron chi connectivity index (χ4n) is 2.36. The first-order valence-corrected chi connectivity index (χ1v) is 6.27. The zero-order valence-corrected chi connectivity index (χ0v) is 11.6. The molecule has 2 aliphatic rings. The standard InChI is InChI=1S/C12H21NO6/c1-11(2)16-6-8(18-11)9(14)10-7(5-13-15)17-12(3,4)19-10/h5,7-10,14-15H,6H2,1-4H3/b13-5+/t7-,8+,9-,10-/m0/s1. The van der Waals surface area contributed by atoms with Gasteiger partial charge in [0.2, 0.25) is 0 Å². The summed E-state index contributed by atoms with van der Waals surface area (Å²) in [5.41, 5.74) is 0. The average Bonchev–Trinajstić information content (AvgIpc) is 2.78. The lowest BCUT2D eigenvalue weighted by Gasteiger charge is -2.25. The molecule has 2 fully saturated rings. The van der Waals surface area contributed by atoms with Crippen LogP contribution in [0.3, 0.4) is 0 Å². The third-order valence-electron chi connectivity index (χ3n) is 3.13. The van der Waals surface area contributed by atoms with Gasteiger partial charge in [-0.2, -0.15) is 0 Å². The molecule has 2 rings (SSSR count). The summed E-state index contributed by atoms with van der Waals surface area (Å²) in [6, 6.07) is 0. The van der Waals surface area contributed by atoms with Crippen LogP contribution in [0.15, 0.2) is 5.16 Å². The Kier molecular flexibility index (Phi) is 3.85. The summed E-state index contributed by atoms with van der Waals surface area (Å²) in [5, 5.41) is 22.0. The van der Waals surface area contributed by atoms with Crippen molar-refractivity contribution in [3.63, 3.8) is 0 Å². The van der Waals surface area contributed by atoms with E-state index in [-0.39, 0.29) is 6.61 Å². The molecule has 0 saturated carbocycles. The highest BCUT2D eigenvalue weighted by molar-refractivity contribution is 5.64. The number of hydrogen-bond donors (Lipinski definition) is 2. The van der Waals surface area contributed by atoms with Crippen molar-refractivity contribution in [3.8, 4) is 0 Å². The van der Waals surface area contributed by atoms with Gasteiger partial charge in [0.25, 0.3) is 0 Å². The topological polar surface area (TPSA) is 89.7 Å². The summed E-state index contributed by atoms with van der Waals surface area (Å²) in [4.78, 5) is 0. The van der Waals surface area contributed by atoms with Gasteiger partial charge in [0, 0.05) is 0 Å². The molecule has 0 aromatic carbocycles. The quantitative estimate of drug-likeness (QED) is 0.442. The Balaban J connectivity index is 2.07. The molecular formula is C12H21NO6. The number of rotatable bonds is 3. The van der Waals surface area contributed by atoms with Crippen LogP contribution in [0.4, 0.5) is 0 Å². The molecule has 0 aromatic rings. The Morgan fingerprint density at radius 1 is 1.16 bits per heavy atom. The minimum Gasteiger partial charge on any atom is -0.411 e. The third-order valence-corrected chi connectivity index (χ3v) is 3.13. The number of hydrogen-bond acceptors (Lipinski definition) is 7. The zero-order valence-electron chi connectivity index (χ0n) is 11.6. The Bertz CT molecular complexity index is 356. The van der Waals surface area contributed by atoms with Crippen molar-refractivity contribution in [1.82, 2.24) is 0 Å². The lowest BCUT2D eigenvalue weighted by Crippen LogP contribution is -2.45. The predicted octanol–water partition coefficient (Wildman–Crippen LogP) is 0.479. The second-order valence-electron chi connectivity index (χ2n) is 5.69. The Hall–Kier alpha value is -0.730. The number of aliphatic hydroxyl groups is 1. The van der Waals surface area contributed by atoms with Crippen molar-refractivity contribution in [2.24, 2.45) is 5.16 Å². The molecular weight excluding hydrogens is 254 g/mol. The fraction of sp³-hybridized carbons (Fsp3) is 0.917. The lowest BCUT2D eigenvalue weighted by molar-refractivity contribution is -0.178. The molecule has 2 N–H and O–H groups in total. The minimum atomic E-state index is -0.938. The SMILES string of the molecule is CC1(C)O[C@H]([C@@H](O)[C@H]2COC(C)(C)O2)[C@H](/C=N/O)O1. The smallest absolute Gasteiger partial charge is 0.164 e. The van der Waals surface area contributed by atoms with Crippen molar-refractivity contribution in [3.05, 3.63) is 0 Å². The van der Waals surface area contributed by atoms with Crippen LogP contribution in [0, 0.1) is 0 Å². The van der Waals surface area contributed by atoms with Gasteiger partial charge >= 0.3 is 0 Å². The molecule has 0 radical (unpaired) electrons. The minimum absolute atomic E-state index is 0.275. The van der Waals surface area contributed by atoms with Crippen LogP contribution >= 0.6 is 0 Å². The number of aliphatic hydroxyl groups excluding tert-OH is 1. The second-order valence-corrected chi connectivity index (χ2v) is 5.69. The van der Waals surface area contributed by atoms with Gasteiger partial charge in [0.15, 0.2) is 11.6 Å². The summed E-state index contributed by atoms with van der Waals surface area (Å²) in [5.74, 6) is -1.58. The molecule has 7 nitrogen and oxygen atoms in total. The van der Waals surface area contributed by atoms with Crippen LogP contribution in [0.2, 0.25) is 0 Å². The van der Waals surface area contributed by atoms with Crippen molar-refractivity contribution in [1.29, 1.82) is 0 Å². The summed E-state index contributed by atoms with van der Waals surface area (Å²) in [6.45, 7) is 7.30. The van der Waals surface area contributed by atoms with Crippen molar-refractivity contribution < 1.29 is 29.3 Å². The maximum absolute atomic E-state index is 10.4. The highest BCUT2D eigenvalue weighted by atomic mass is 16.8. The van der Waals surface area contributed by atoms with Crippen LogP contribution in [0.1, 0.15) is 27.7 Å². The average molecular weight is 275 g/mol. The van der Waals surface area contributed by atoms with E-state index in [1.54, 1.807) is 27.7 Å². The van der Waals surface area contributed by atoms with Gasteiger partial charge in [0.05, 0.1) is 12.8 Å². The predicted molar refractivity (Wildman–Crippen MR) is 65.0 cm³/mol. The molecule has 19 heavy (non-hydrogen) atoms. The maximum atomic E-state index is 10.4. The zero-order chi connectivity index (χ0) is 14.3. The van der Waals surface area contributed by atoms with E-state index in [0.29, 0.717) is 0 Å². The molecule has 110 valence electrons. The first kappa shape index (κ1) is 14.7. The van der Waals surface area contributed by atoms with Gasteiger partial charge < -0.3 is 29.3 Å². The maximum Gasteiger partial charge on any atom is 0.164 e. The molecule has 0 bridgehead atoms. The van der Waals surface area contributed by atoms with E-state index in [2.05, 4.69) is 5.16 Å². The third kappa shape index (κ3) is 3.24. The van der Waals surface area contributed by atoms with Gasteiger partial charge in [0.1, 0.15) is 24.4 Å². The van der Waals surface area contributed by atoms with Crippen LogP contribution in [0.5, 0.6) is 0 Å². The fourth-order valence-corrected chi connectivity index (χ4v) is 2.36. The number of oxime groups is 1. The summed E-state index contributed by atoms with van der Waals surface area (Å²) in [6.07, 6.45) is -1.56. The molecule has 7 heteroatoms. The van der Waals surface area contributed by atoms with E-state index in [4.69, 9.17) is 24.2 Å². The largest absolute Gasteiger partial charge is 0.411 e. The molecule has 0 aliphatic carbocycles. The Morgan fingerprint density at radius 3 is 2.37 bits per heavy atom. The first-order chi connectivity index (χ1) is 8.74. The van der Waals surface area contributed by atoms with Crippen LogP contribution < -0.4 is 0 Å². The van der Waals surface area contributed by atoms with E-state index in [9.17, 15) is 5.11 Å². The van der Waals surface area contributed by atoms with E-state index in [0.717, 1.165) is 0 Å². The van der Waals surface area contributed by atoms with Crippen LogP contribution in [-0.4, -0.2) is 59.1 Å². The van der Waals surface area contributed by atoms with Crippen molar-refractivity contribution in [2.75, 3.05) is 6.61 Å². The van der Waals surface area contributed by atoms with Crippen LogP contribution in [0.25, 0.3) is 0 Å². The molecule has 0 aromatic heterocycles. The highest BCUT2D eigenvalue weighted by Gasteiger charge is 2.49. The molecule has 2 heterocycles. The molecule has 2 aliphatic heterocycles. The lowest BCUT2D eigenvalue weighted by atomic mass is 10.0. The summed E-state index contributed by atoms with van der Waals surface area (Å²) < 4.78 is 22.2. The van der Waals surface area contributed by atoms with Gasteiger partial charge in [-0.25, -0.2) is 0 Å². The Labute approximate surface area is 112 Å². The van der Waals surface area contributed by atoms with Gasteiger partial charge in [-0.1, -0.05) is 5.16 Å². The van der Waals surface area contributed by atoms with Crippen molar-refractivity contribution in [2.45, 2.75) is 63.7 Å². The molecule has 0 unspecified atom stereocenters. The summed E-state index contributed by atoms with van der Waals surface area (Å²) in [7, 11) is 0. The Morgan fingerprint density at radius 2 is 1.84 bits per heavy atom. The van der Waals surface area contributed by atoms with Gasteiger partial charge in [-0.05, 0) is 27.7 Å². The van der Waals surface area contributed by atoms with E-state index < -0.39 is 36.0 Å². The molecule has 0 amide bonds. The number of nitrogens with zero attached hydrogens (tertiary/aromatic N) is 1. The molecule has 0 spiro atoms. The van der Waals surface area contributed by atoms with Crippen LogP contribution in [-0.2, 0) is 18.9 Å². The molecule has 4 atom stereocenters. The van der Waals surface area contributed by atoms with Crippen molar-refractivity contribution >= 4 is 6.21 Å². The first-order valence-electron chi connectivity index (χ1n) is 6.27. The highest BCUT2D eigenvalue weighted by Crippen LogP contribution is 2.33. The summed E-state index contributed by atoms with van der Waals surface area (Å²) >= 11 is 0. The van der Waals surface area contributed by atoms with Gasteiger partial charge in [-0.3, -0.25) is 0 Å². The molecule has 2 saturated heterocycles.